The second-order valence-corrected chi connectivity index (χ2v) is 7.81. The van der Waals surface area contributed by atoms with Gasteiger partial charge in [0, 0.05) is 32.2 Å². The van der Waals surface area contributed by atoms with E-state index in [4.69, 9.17) is 19.2 Å². The van der Waals surface area contributed by atoms with Gasteiger partial charge in [-0.2, -0.15) is 0 Å². The lowest BCUT2D eigenvalue weighted by atomic mass is 9.96. The quantitative estimate of drug-likeness (QED) is 0.839. The highest BCUT2D eigenvalue weighted by Gasteiger charge is 2.24. The van der Waals surface area contributed by atoms with Gasteiger partial charge < -0.3 is 14.2 Å². The number of rotatable bonds is 4. The summed E-state index contributed by atoms with van der Waals surface area (Å²) in [5, 5.41) is 2.75. The van der Waals surface area contributed by atoms with Gasteiger partial charge in [0.25, 0.3) is 0 Å². The molecule has 0 saturated carbocycles. The summed E-state index contributed by atoms with van der Waals surface area (Å²) in [6.45, 7) is 15.1. The molecule has 1 atom stereocenters. The van der Waals surface area contributed by atoms with Gasteiger partial charge in [0.1, 0.15) is 11.4 Å². The number of carbonyl (C=O) groups excluding carboxylic acids is 1. The molecule has 1 aromatic heterocycles. The van der Waals surface area contributed by atoms with Crippen LogP contribution in [0.2, 0.25) is 0 Å². The first-order chi connectivity index (χ1) is 13.4. The average Bonchev–Trinajstić information content (AvgIpc) is 3.17. The number of aromatic nitrogens is 1. The molecular formula is C21H35N3O4. The zero-order valence-corrected chi connectivity index (χ0v) is 17.9. The van der Waals surface area contributed by atoms with Gasteiger partial charge in [0.05, 0.1) is 25.5 Å². The van der Waals surface area contributed by atoms with Gasteiger partial charge in [-0.25, -0.2) is 9.78 Å². The van der Waals surface area contributed by atoms with Crippen molar-refractivity contribution in [1.82, 2.24) is 9.88 Å². The van der Waals surface area contributed by atoms with Gasteiger partial charge in [-0.15, -0.1) is 0 Å². The Kier molecular flexibility index (Phi) is 8.66. The number of carbonyl (C=O) groups is 1. The number of ether oxygens (including phenoxy) is 3. The fraction of sp³-hybridized carbons (Fsp3) is 0.714. The number of hydrogen-bond acceptors (Lipinski definition) is 6. The van der Waals surface area contributed by atoms with Crippen LogP contribution in [0.25, 0.3) is 0 Å². The summed E-state index contributed by atoms with van der Waals surface area (Å²) in [4.78, 5) is 19.1. The van der Waals surface area contributed by atoms with Gasteiger partial charge >= 0.3 is 6.09 Å². The highest BCUT2D eigenvalue weighted by atomic mass is 16.6. The van der Waals surface area contributed by atoms with Crippen molar-refractivity contribution in [2.45, 2.75) is 59.1 Å². The number of anilines is 1. The molecule has 0 radical (unpaired) electrons. The highest BCUT2D eigenvalue weighted by molar-refractivity contribution is 5.83. The molecule has 1 aromatic rings. The van der Waals surface area contributed by atoms with E-state index in [0.717, 1.165) is 58.2 Å². The Morgan fingerprint density at radius 1 is 1.21 bits per heavy atom. The normalized spacial score (nSPS) is 20.2. The molecule has 0 aliphatic carbocycles. The van der Waals surface area contributed by atoms with E-state index in [1.54, 1.807) is 0 Å². The number of nitrogens with one attached hydrogen (secondary N) is 1. The molecule has 28 heavy (non-hydrogen) atoms. The number of pyridine rings is 1. The Balaban J connectivity index is 0.00000136. The van der Waals surface area contributed by atoms with Crippen LogP contribution in [0, 0.1) is 0 Å². The maximum absolute atomic E-state index is 12.1. The molecule has 7 nitrogen and oxygen atoms in total. The van der Waals surface area contributed by atoms with Gasteiger partial charge in [-0.05, 0) is 38.8 Å². The summed E-state index contributed by atoms with van der Waals surface area (Å²) in [5.74, 6) is 0.888. The van der Waals surface area contributed by atoms with Crippen molar-refractivity contribution in [3.05, 3.63) is 23.4 Å². The molecule has 3 rings (SSSR count). The summed E-state index contributed by atoms with van der Waals surface area (Å²) in [6, 6.07) is 3.91. The maximum atomic E-state index is 12.1. The van der Waals surface area contributed by atoms with Gasteiger partial charge in [-0.1, -0.05) is 19.9 Å². The third-order valence-corrected chi connectivity index (χ3v) is 4.49. The molecular weight excluding hydrogens is 358 g/mol. The SMILES string of the molecule is CC.CC(C)(C)OC(=O)Nc1ccc(C2CCOC2)c(CN2CCOCC2)n1. The molecule has 1 amide bonds. The zero-order valence-electron chi connectivity index (χ0n) is 17.9. The van der Waals surface area contributed by atoms with E-state index in [0.29, 0.717) is 11.7 Å². The van der Waals surface area contributed by atoms with Crippen molar-refractivity contribution in [2.24, 2.45) is 0 Å². The van der Waals surface area contributed by atoms with E-state index in [9.17, 15) is 4.79 Å². The minimum absolute atomic E-state index is 0.370. The van der Waals surface area contributed by atoms with Gasteiger partial charge in [-0.3, -0.25) is 10.2 Å². The summed E-state index contributed by atoms with van der Waals surface area (Å²) in [7, 11) is 0. The molecule has 0 aromatic carbocycles. The standard InChI is InChI=1S/C19H29N3O4.C2H6/c1-19(2,3)26-18(23)21-17-5-4-15(14-6-9-25-13-14)16(20-17)12-22-7-10-24-11-8-22;1-2/h4-5,14H,6-13H2,1-3H3,(H,20,21,23);1-2H3. The molecule has 1 N–H and O–H groups in total. The van der Waals surface area contributed by atoms with E-state index in [1.807, 2.05) is 40.7 Å². The van der Waals surface area contributed by atoms with Crippen molar-refractivity contribution in [3.63, 3.8) is 0 Å². The fourth-order valence-electron chi connectivity index (χ4n) is 3.24. The Labute approximate surface area is 168 Å². The summed E-state index contributed by atoms with van der Waals surface area (Å²) in [6.07, 6.45) is 0.524. The minimum Gasteiger partial charge on any atom is -0.444 e. The van der Waals surface area contributed by atoms with Gasteiger partial charge in [0.15, 0.2) is 0 Å². The molecule has 1 unspecified atom stereocenters. The van der Waals surface area contributed by atoms with Crippen LogP contribution in [0.3, 0.4) is 0 Å². The predicted octanol–water partition coefficient (Wildman–Crippen LogP) is 3.79. The Hall–Kier alpha value is -1.70. The smallest absolute Gasteiger partial charge is 0.413 e. The first-order valence-corrected chi connectivity index (χ1v) is 10.3. The van der Waals surface area contributed by atoms with Crippen LogP contribution in [0.5, 0.6) is 0 Å². The van der Waals surface area contributed by atoms with Crippen LogP contribution in [0.4, 0.5) is 10.6 Å². The molecule has 2 saturated heterocycles. The minimum atomic E-state index is -0.540. The summed E-state index contributed by atoms with van der Waals surface area (Å²) in [5.41, 5.74) is 1.67. The molecule has 0 bridgehead atoms. The lowest BCUT2D eigenvalue weighted by Crippen LogP contribution is -2.36. The first-order valence-electron chi connectivity index (χ1n) is 10.3. The van der Waals surface area contributed by atoms with Crippen molar-refractivity contribution < 1.29 is 19.0 Å². The molecule has 3 heterocycles. The number of hydrogen-bond donors (Lipinski definition) is 1. The Morgan fingerprint density at radius 2 is 1.93 bits per heavy atom. The van der Waals surface area contributed by atoms with Crippen LogP contribution >= 0.6 is 0 Å². The van der Waals surface area contributed by atoms with Gasteiger partial charge in [0.2, 0.25) is 0 Å². The van der Waals surface area contributed by atoms with E-state index in [-0.39, 0.29) is 0 Å². The number of morpholine rings is 1. The van der Waals surface area contributed by atoms with E-state index in [2.05, 4.69) is 16.3 Å². The van der Waals surface area contributed by atoms with Crippen LogP contribution in [0.1, 0.15) is 58.2 Å². The third-order valence-electron chi connectivity index (χ3n) is 4.49. The van der Waals surface area contributed by atoms with Crippen LogP contribution in [-0.2, 0) is 20.8 Å². The average molecular weight is 394 g/mol. The second-order valence-electron chi connectivity index (χ2n) is 7.81. The first kappa shape index (κ1) is 22.6. The van der Waals surface area contributed by atoms with Crippen molar-refractivity contribution in [3.8, 4) is 0 Å². The Bertz CT molecular complexity index is 619. The maximum Gasteiger partial charge on any atom is 0.413 e. The van der Waals surface area contributed by atoms with Crippen molar-refractivity contribution in [1.29, 1.82) is 0 Å². The monoisotopic (exact) mass is 393 g/mol. The lowest BCUT2D eigenvalue weighted by molar-refractivity contribution is 0.0335. The van der Waals surface area contributed by atoms with Crippen LogP contribution in [0.15, 0.2) is 12.1 Å². The van der Waals surface area contributed by atoms with Crippen LogP contribution < -0.4 is 5.32 Å². The second kappa shape index (κ2) is 10.7. The van der Waals surface area contributed by atoms with E-state index in [1.165, 1.54) is 5.56 Å². The zero-order chi connectivity index (χ0) is 20.6. The molecule has 2 aliphatic heterocycles. The number of nitrogens with zero attached hydrogens (tertiary/aromatic N) is 2. The van der Waals surface area contributed by atoms with E-state index >= 15 is 0 Å². The third kappa shape index (κ3) is 7.04. The fourth-order valence-corrected chi connectivity index (χ4v) is 3.24. The largest absolute Gasteiger partial charge is 0.444 e. The Morgan fingerprint density at radius 3 is 2.54 bits per heavy atom. The van der Waals surface area contributed by atoms with Crippen LogP contribution in [-0.4, -0.2) is 61.1 Å². The molecule has 2 aliphatic rings. The topological polar surface area (TPSA) is 72.9 Å². The molecule has 0 spiro atoms. The molecule has 7 heteroatoms. The summed E-state index contributed by atoms with van der Waals surface area (Å²) < 4.78 is 16.3. The molecule has 158 valence electrons. The van der Waals surface area contributed by atoms with Crippen molar-refractivity contribution >= 4 is 11.9 Å². The van der Waals surface area contributed by atoms with E-state index < -0.39 is 11.7 Å². The number of amides is 1. The highest BCUT2D eigenvalue weighted by Crippen LogP contribution is 2.29. The molecule has 2 fully saturated rings. The van der Waals surface area contributed by atoms with Crippen molar-refractivity contribution in [2.75, 3.05) is 44.8 Å². The summed E-state index contributed by atoms with van der Waals surface area (Å²) >= 11 is 0. The predicted molar refractivity (Wildman–Crippen MR) is 110 cm³/mol. The lowest BCUT2D eigenvalue weighted by Gasteiger charge is -2.27.